The zero-order valence-corrected chi connectivity index (χ0v) is 22.2. The predicted octanol–water partition coefficient (Wildman–Crippen LogP) is 6.95. The Morgan fingerprint density at radius 3 is 2.62 bits per heavy atom. The highest BCUT2D eigenvalue weighted by molar-refractivity contribution is 14.1. The fourth-order valence-corrected chi connectivity index (χ4v) is 4.59. The molecule has 0 aliphatic heterocycles. The first-order valence-electron chi connectivity index (χ1n) is 10.7. The molecule has 0 bridgehead atoms. The van der Waals surface area contributed by atoms with E-state index in [0.717, 1.165) is 19.2 Å². The van der Waals surface area contributed by atoms with E-state index in [9.17, 15) is 4.79 Å². The minimum atomic E-state index is -0.285. The second-order valence-corrected chi connectivity index (χ2v) is 9.52. The summed E-state index contributed by atoms with van der Waals surface area (Å²) in [5.41, 5.74) is 4.95. The van der Waals surface area contributed by atoms with Crippen LogP contribution < -0.4 is 14.9 Å². The van der Waals surface area contributed by atoms with Crippen molar-refractivity contribution in [3.05, 3.63) is 104 Å². The first kappa shape index (κ1) is 24.2. The van der Waals surface area contributed by atoms with Crippen LogP contribution in [0.5, 0.6) is 11.5 Å². The molecule has 34 heavy (non-hydrogen) atoms. The van der Waals surface area contributed by atoms with Gasteiger partial charge in [0.1, 0.15) is 6.61 Å². The van der Waals surface area contributed by atoms with Crippen LogP contribution in [0.3, 0.4) is 0 Å². The number of ether oxygens (including phenoxy) is 2. The number of hydrogen-bond acceptors (Lipinski definition) is 4. The SMILES string of the molecule is CCOc1cc(/C=N/NC(=O)c2cccc(Br)c2)cc(I)c1OCc1ccc2ccccc2c1. The molecule has 172 valence electrons. The summed E-state index contributed by atoms with van der Waals surface area (Å²) in [6.07, 6.45) is 1.59. The van der Waals surface area contributed by atoms with E-state index < -0.39 is 0 Å². The largest absolute Gasteiger partial charge is 0.490 e. The molecule has 0 unspecified atom stereocenters. The lowest BCUT2D eigenvalue weighted by Gasteiger charge is -2.15. The molecular formula is C27H22BrIN2O3. The molecular weight excluding hydrogens is 607 g/mol. The summed E-state index contributed by atoms with van der Waals surface area (Å²) in [6, 6.07) is 25.5. The number of hydrogen-bond donors (Lipinski definition) is 1. The van der Waals surface area contributed by atoms with Crippen LogP contribution in [0.4, 0.5) is 0 Å². The van der Waals surface area contributed by atoms with E-state index in [1.54, 1.807) is 24.4 Å². The second kappa shape index (κ2) is 11.5. The Kier molecular flexibility index (Phi) is 8.18. The maximum absolute atomic E-state index is 12.3. The standard InChI is InChI=1S/C27H22BrIN2O3/c1-2-33-25-14-19(16-30-31-27(32)22-8-5-9-23(28)15-22)13-24(29)26(25)34-17-18-10-11-20-6-3-4-7-21(20)12-18/h3-16H,2,17H2,1H3,(H,31,32)/b30-16+. The van der Waals surface area contributed by atoms with Crippen molar-refractivity contribution in [1.82, 2.24) is 5.43 Å². The minimum absolute atomic E-state index is 0.285. The second-order valence-electron chi connectivity index (χ2n) is 7.44. The van der Waals surface area contributed by atoms with Gasteiger partial charge < -0.3 is 9.47 Å². The lowest BCUT2D eigenvalue weighted by molar-refractivity contribution is 0.0955. The van der Waals surface area contributed by atoms with Crippen LogP contribution >= 0.6 is 38.5 Å². The molecule has 0 saturated heterocycles. The van der Waals surface area contributed by atoms with Crippen molar-refractivity contribution in [1.29, 1.82) is 0 Å². The molecule has 0 aliphatic rings. The smallest absolute Gasteiger partial charge is 0.271 e. The van der Waals surface area contributed by atoms with Gasteiger partial charge in [-0.2, -0.15) is 5.10 Å². The van der Waals surface area contributed by atoms with Gasteiger partial charge in [-0.15, -0.1) is 0 Å². The number of rotatable bonds is 8. The number of nitrogens with one attached hydrogen (secondary N) is 1. The molecule has 4 aromatic carbocycles. The maximum atomic E-state index is 12.3. The molecule has 0 fully saturated rings. The number of fused-ring (bicyclic) bond motifs is 1. The molecule has 0 aliphatic carbocycles. The fraction of sp³-hybridized carbons (Fsp3) is 0.111. The van der Waals surface area contributed by atoms with E-state index in [4.69, 9.17) is 9.47 Å². The molecule has 1 amide bonds. The molecule has 4 aromatic rings. The van der Waals surface area contributed by atoms with Crippen molar-refractivity contribution in [2.24, 2.45) is 5.10 Å². The summed E-state index contributed by atoms with van der Waals surface area (Å²) in [6.45, 7) is 2.86. The van der Waals surface area contributed by atoms with Crippen LogP contribution in [0.25, 0.3) is 10.8 Å². The van der Waals surface area contributed by atoms with Gasteiger partial charge in [0, 0.05) is 10.0 Å². The number of nitrogens with zero attached hydrogens (tertiary/aromatic N) is 1. The molecule has 0 heterocycles. The predicted molar refractivity (Wildman–Crippen MR) is 148 cm³/mol. The van der Waals surface area contributed by atoms with Crippen LogP contribution in [0.2, 0.25) is 0 Å². The molecule has 0 spiro atoms. The Balaban J connectivity index is 1.48. The van der Waals surface area contributed by atoms with Crippen LogP contribution in [0.15, 0.2) is 88.4 Å². The number of hydrazone groups is 1. The summed E-state index contributed by atoms with van der Waals surface area (Å²) >= 11 is 5.59. The third-order valence-electron chi connectivity index (χ3n) is 5.00. The maximum Gasteiger partial charge on any atom is 0.271 e. The van der Waals surface area contributed by atoms with Crippen LogP contribution in [-0.2, 0) is 6.61 Å². The Morgan fingerprint density at radius 1 is 1.00 bits per heavy atom. The molecule has 0 aromatic heterocycles. The summed E-state index contributed by atoms with van der Waals surface area (Å²) < 4.78 is 13.7. The molecule has 7 heteroatoms. The van der Waals surface area contributed by atoms with E-state index in [1.807, 2.05) is 37.3 Å². The molecule has 0 saturated carbocycles. The molecule has 5 nitrogen and oxygen atoms in total. The zero-order chi connectivity index (χ0) is 23.9. The summed E-state index contributed by atoms with van der Waals surface area (Å²) in [4.78, 5) is 12.3. The average Bonchev–Trinajstić information content (AvgIpc) is 2.83. The van der Waals surface area contributed by atoms with Gasteiger partial charge in [0.2, 0.25) is 0 Å². The number of carbonyl (C=O) groups is 1. The highest BCUT2D eigenvalue weighted by Gasteiger charge is 2.13. The van der Waals surface area contributed by atoms with E-state index in [2.05, 4.69) is 79.4 Å². The van der Waals surface area contributed by atoms with Gasteiger partial charge >= 0.3 is 0 Å². The van der Waals surface area contributed by atoms with Gasteiger partial charge in [0.15, 0.2) is 11.5 Å². The normalized spacial score (nSPS) is 11.0. The first-order valence-corrected chi connectivity index (χ1v) is 12.6. The lowest BCUT2D eigenvalue weighted by atomic mass is 10.1. The Hall–Kier alpha value is -2.91. The van der Waals surface area contributed by atoms with Crippen molar-refractivity contribution in [2.45, 2.75) is 13.5 Å². The monoisotopic (exact) mass is 628 g/mol. The van der Waals surface area contributed by atoms with E-state index in [0.29, 0.717) is 30.3 Å². The quantitative estimate of drug-likeness (QED) is 0.131. The summed E-state index contributed by atoms with van der Waals surface area (Å²) in [5.74, 6) is 1.04. The van der Waals surface area contributed by atoms with Gasteiger partial charge in [0.05, 0.1) is 16.4 Å². The highest BCUT2D eigenvalue weighted by atomic mass is 127. The lowest BCUT2D eigenvalue weighted by Crippen LogP contribution is -2.17. The summed E-state index contributed by atoms with van der Waals surface area (Å²) in [5, 5.41) is 6.48. The third-order valence-corrected chi connectivity index (χ3v) is 6.29. The molecule has 0 atom stereocenters. The summed E-state index contributed by atoms with van der Waals surface area (Å²) in [7, 11) is 0. The number of amides is 1. The zero-order valence-electron chi connectivity index (χ0n) is 18.4. The van der Waals surface area contributed by atoms with Gasteiger partial charge in [-0.3, -0.25) is 4.79 Å². The van der Waals surface area contributed by atoms with Crippen LogP contribution in [0.1, 0.15) is 28.4 Å². The number of halogens is 2. The first-order chi connectivity index (χ1) is 16.5. The van der Waals surface area contributed by atoms with Crippen LogP contribution in [0, 0.1) is 3.57 Å². The molecule has 4 rings (SSSR count). The Bertz CT molecular complexity index is 1360. The van der Waals surface area contributed by atoms with Gasteiger partial charge in [-0.1, -0.05) is 58.4 Å². The average molecular weight is 629 g/mol. The van der Waals surface area contributed by atoms with E-state index in [1.165, 1.54) is 10.8 Å². The van der Waals surface area contributed by atoms with Gasteiger partial charge in [-0.25, -0.2) is 5.43 Å². The Labute approximate surface area is 220 Å². The minimum Gasteiger partial charge on any atom is -0.490 e. The third kappa shape index (κ3) is 6.15. The van der Waals surface area contributed by atoms with Crippen molar-refractivity contribution in [3.63, 3.8) is 0 Å². The van der Waals surface area contributed by atoms with Crippen molar-refractivity contribution in [3.8, 4) is 11.5 Å². The van der Waals surface area contributed by atoms with Gasteiger partial charge in [-0.05, 0) is 87.8 Å². The van der Waals surface area contributed by atoms with Crippen LogP contribution in [-0.4, -0.2) is 18.7 Å². The Morgan fingerprint density at radius 2 is 1.82 bits per heavy atom. The van der Waals surface area contributed by atoms with Crippen molar-refractivity contribution < 1.29 is 14.3 Å². The van der Waals surface area contributed by atoms with Gasteiger partial charge in [0.25, 0.3) is 5.91 Å². The molecule has 0 radical (unpaired) electrons. The number of carbonyl (C=O) groups excluding carboxylic acids is 1. The van der Waals surface area contributed by atoms with E-state index >= 15 is 0 Å². The fourth-order valence-electron chi connectivity index (χ4n) is 3.41. The molecule has 1 N–H and O–H groups in total. The van der Waals surface area contributed by atoms with Crippen molar-refractivity contribution >= 4 is 61.4 Å². The number of benzene rings is 4. The highest BCUT2D eigenvalue weighted by Crippen LogP contribution is 2.34. The topological polar surface area (TPSA) is 59.9 Å². The van der Waals surface area contributed by atoms with Crippen molar-refractivity contribution in [2.75, 3.05) is 6.61 Å². The van der Waals surface area contributed by atoms with E-state index in [-0.39, 0.29) is 5.91 Å².